The number of piperazine rings is 1. The van der Waals surface area contributed by atoms with Gasteiger partial charge in [-0.1, -0.05) is 0 Å². The number of hydrogen-bond donors (Lipinski definition) is 0. The minimum absolute atomic E-state index is 0.00847. The van der Waals surface area contributed by atoms with Crippen molar-refractivity contribution in [1.82, 2.24) is 14.8 Å². The summed E-state index contributed by atoms with van der Waals surface area (Å²) in [4.78, 5) is 21.0. The van der Waals surface area contributed by atoms with E-state index in [9.17, 15) is 4.79 Å². The van der Waals surface area contributed by atoms with E-state index >= 15 is 0 Å². The molecule has 1 fully saturated rings. The molecule has 0 bridgehead atoms. The van der Waals surface area contributed by atoms with Gasteiger partial charge in [-0.05, 0) is 42.0 Å². The van der Waals surface area contributed by atoms with Gasteiger partial charge in [-0.25, -0.2) is 0 Å². The number of ether oxygens (including phenoxy) is 1. The van der Waals surface area contributed by atoms with Gasteiger partial charge in [0.1, 0.15) is 0 Å². The van der Waals surface area contributed by atoms with E-state index in [0.29, 0.717) is 13.0 Å². The Morgan fingerprint density at radius 1 is 1.38 bits per heavy atom. The Balaban J connectivity index is 2.13. The normalized spacial score (nSPS) is 18.4. The van der Waals surface area contributed by atoms with Gasteiger partial charge in [-0.3, -0.25) is 14.7 Å². The van der Waals surface area contributed by atoms with E-state index in [1.165, 1.54) is 0 Å². The molecule has 5 nitrogen and oxygen atoms in total. The molecule has 0 aromatic carbocycles. The summed E-state index contributed by atoms with van der Waals surface area (Å²) in [6.45, 7) is 6.16. The number of aromatic nitrogens is 1. The molecule has 1 aliphatic heterocycles. The summed E-state index contributed by atoms with van der Waals surface area (Å²) >= 11 is 3.40. The minimum Gasteiger partial charge on any atom is -0.466 e. The van der Waals surface area contributed by atoms with Crippen LogP contribution in [0.15, 0.2) is 22.8 Å². The number of rotatable bonds is 5. The molecule has 1 aromatic heterocycles. The van der Waals surface area contributed by atoms with E-state index in [1.54, 1.807) is 6.20 Å². The van der Waals surface area contributed by atoms with Gasteiger partial charge in [-0.15, -0.1) is 0 Å². The highest BCUT2D eigenvalue weighted by Gasteiger charge is 2.27. The molecule has 6 heteroatoms. The molecular weight excluding hydrogens is 334 g/mol. The maximum Gasteiger partial charge on any atom is 0.307 e. The van der Waals surface area contributed by atoms with E-state index in [4.69, 9.17) is 4.74 Å². The monoisotopic (exact) mass is 355 g/mol. The second-order valence-electron chi connectivity index (χ2n) is 5.27. The molecule has 1 atom stereocenters. The first-order chi connectivity index (χ1) is 10.1. The lowest BCUT2D eigenvalue weighted by Crippen LogP contribution is -2.46. The standard InChI is InChI=1S/C15H22BrN3O2/c1-3-21-15(20)10-14(13-5-4-12(16)11-17-13)19-8-6-18(2)7-9-19/h4-5,11,14H,3,6-10H2,1-2H3. The molecular formula is C15H22BrN3O2. The Bertz CT molecular complexity index is 458. The fourth-order valence-corrected chi connectivity index (χ4v) is 2.75. The maximum atomic E-state index is 11.9. The van der Waals surface area contributed by atoms with Crippen molar-refractivity contribution in [3.63, 3.8) is 0 Å². The molecule has 0 aliphatic carbocycles. The summed E-state index contributed by atoms with van der Waals surface area (Å²) < 4.78 is 6.06. The van der Waals surface area contributed by atoms with E-state index in [0.717, 1.165) is 36.3 Å². The summed E-state index contributed by atoms with van der Waals surface area (Å²) in [7, 11) is 2.12. The van der Waals surface area contributed by atoms with Crippen LogP contribution in [0.3, 0.4) is 0 Å². The number of nitrogens with zero attached hydrogens (tertiary/aromatic N) is 3. The molecule has 1 aliphatic rings. The van der Waals surface area contributed by atoms with Crippen molar-refractivity contribution in [2.45, 2.75) is 19.4 Å². The molecule has 2 rings (SSSR count). The molecule has 0 saturated carbocycles. The van der Waals surface area contributed by atoms with Gasteiger partial charge in [0, 0.05) is 36.8 Å². The molecule has 0 spiro atoms. The maximum absolute atomic E-state index is 11.9. The van der Waals surface area contributed by atoms with Crippen molar-refractivity contribution in [2.75, 3.05) is 39.8 Å². The third-order valence-electron chi connectivity index (χ3n) is 3.74. The lowest BCUT2D eigenvalue weighted by atomic mass is 10.1. The number of esters is 1. The number of halogens is 1. The average molecular weight is 356 g/mol. The molecule has 1 saturated heterocycles. The van der Waals surface area contributed by atoms with Crippen LogP contribution in [-0.4, -0.2) is 60.6 Å². The number of pyridine rings is 1. The van der Waals surface area contributed by atoms with Crippen molar-refractivity contribution in [3.8, 4) is 0 Å². The number of likely N-dealkylation sites (N-methyl/N-ethyl adjacent to an activating group) is 1. The Hall–Kier alpha value is -0.980. The van der Waals surface area contributed by atoms with Gasteiger partial charge in [0.25, 0.3) is 0 Å². The summed E-state index contributed by atoms with van der Waals surface area (Å²) in [5.41, 5.74) is 0.927. The second-order valence-corrected chi connectivity index (χ2v) is 6.18. The summed E-state index contributed by atoms with van der Waals surface area (Å²) in [6, 6.07) is 3.94. The number of carbonyl (C=O) groups is 1. The highest BCUT2D eigenvalue weighted by atomic mass is 79.9. The minimum atomic E-state index is -0.161. The topological polar surface area (TPSA) is 45.7 Å². The largest absolute Gasteiger partial charge is 0.466 e. The van der Waals surface area contributed by atoms with Crippen molar-refractivity contribution >= 4 is 21.9 Å². The van der Waals surface area contributed by atoms with Crippen LogP contribution in [0.5, 0.6) is 0 Å². The highest BCUT2D eigenvalue weighted by molar-refractivity contribution is 9.10. The van der Waals surface area contributed by atoms with E-state index in [2.05, 4.69) is 37.8 Å². The zero-order valence-electron chi connectivity index (χ0n) is 12.6. The lowest BCUT2D eigenvalue weighted by Gasteiger charge is -2.37. The first-order valence-electron chi connectivity index (χ1n) is 7.29. The van der Waals surface area contributed by atoms with Crippen LogP contribution in [0, 0.1) is 0 Å². The van der Waals surface area contributed by atoms with Crippen LogP contribution in [0.1, 0.15) is 25.1 Å². The predicted octanol–water partition coefficient (Wildman–Crippen LogP) is 2.09. The van der Waals surface area contributed by atoms with Crippen molar-refractivity contribution in [3.05, 3.63) is 28.5 Å². The van der Waals surface area contributed by atoms with Crippen LogP contribution < -0.4 is 0 Å². The SMILES string of the molecule is CCOC(=O)CC(c1ccc(Br)cn1)N1CCN(C)CC1. The average Bonchev–Trinajstić information content (AvgIpc) is 2.47. The Morgan fingerprint density at radius 2 is 2.10 bits per heavy atom. The van der Waals surface area contributed by atoms with Gasteiger partial charge in [-0.2, -0.15) is 0 Å². The van der Waals surface area contributed by atoms with Gasteiger partial charge in [0.15, 0.2) is 0 Å². The van der Waals surface area contributed by atoms with Crippen LogP contribution >= 0.6 is 15.9 Å². The summed E-state index contributed by atoms with van der Waals surface area (Å²) in [5.74, 6) is -0.161. The van der Waals surface area contributed by atoms with Crippen molar-refractivity contribution in [2.24, 2.45) is 0 Å². The summed E-state index contributed by atoms with van der Waals surface area (Å²) in [5, 5.41) is 0. The molecule has 116 valence electrons. The lowest BCUT2D eigenvalue weighted by molar-refractivity contribution is -0.144. The second kappa shape index (κ2) is 7.87. The van der Waals surface area contributed by atoms with Crippen molar-refractivity contribution < 1.29 is 9.53 Å². The fourth-order valence-electron chi connectivity index (χ4n) is 2.52. The third-order valence-corrected chi connectivity index (χ3v) is 4.20. The molecule has 0 amide bonds. The van der Waals surface area contributed by atoms with E-state index in [1.807, 2.05) is 19.1 Å². The smallest absolute Gasteiger partial charge is 0.307 e. The molecule has 2 heterocycles. The molecule has 0 N–H and O–H groups in total. The fraction of sp³-hybridized carbons (Fsp3) is 0.600. The third kappa shape index (κ3) is 4.76. The Kier molecular flexibility index (Phi) is 6.14. The Morgan fingerprint density at radius 3 is 2.67 bits per heavy atom. The van der Waals surface area contributed by atoms with Crippen LogP contribution in [-0.2, 0) is 9.53 Å². The predicted molar refractivity (Wildman–Crippen MR) is 85.0 cm³/mol. The zero-order valence-corrected chi connectivity index (χ0v) is 14.2. The first-order valence-corrected chi connectivity index (χ1v) is 8.09. The van der Waals surface area contributed by atoms with Crippen LogP contribution in [0.25, 0.3) is 0 Å². The quantitative estimate of drug-likeness (QED) is 0.756. The summed E-state index contributed by atoms with van der Waals surface area (Å²) in [6.07, 6.45) is 2.13. The van der Waals surface area contributed by atoms with Gasteiger partial charge >= 0.3 is 5.97 Å². The molecule has 0 radical (unpaired) electrons. The van der Waals surface area contributed by atoms with Gasteiger partial charge in [0.05, 0.1) is 24.8 Å². The zero-order chi connectivity index (χ0) is 15.2. The van der Waals surface area contributed by atoms with Gasteiger partial charge < -0.3 is 9.64 Å². The van der Waals surface area contributed by atoms with Gasteiger partial charge in [0.2, 0.25) is 0 Å². The van der Waals surface area contributed by atoms with Crippen LogP contribution in [0.2, 0.25) is 0 Å². The first kappa shape index (κ1) is 16.4. The highest BCUT2D eigenvalue weighted by Crippen LogP contribution is 2.25. The molecule has 21 heavy (non-hydrogen) atoms. The van der Waals surface area contributed by atoms with Crippen molar-refractivity contribution in [1.29, 1.82) is 0 Å². The molecule has 1 unspecified atom stereocenters. The molecule has 1 aromatic rings. The Labute approximate surface area is 134 Å². The number of carbonyl (C=O) groups excluding carboxylic acids is 1. The number of hydrogen-bond acceptors (Lipinski definition) is 5. The van der Waals surface area contributed by atoms with Crippen LogP contribution in [0.4, 0.5) is 0 Å². The van der Waals surface area contributed by atoms with E-state index in [-0.39, 0.29) is 12.0 Å². The van der Waals surface area contributed by atoms with E-state index < -0.39 is 0 Å².